The van der Waals surface area contributed by atoms with Crippen LogP contribution in [-0.4, -0.2) is 37.6 Å². The van der Waals surface area contributed by atoms with Crippen molar-refractivity contribution in [3.63, 3.8) is 0 Å². The van der Waals surface area contributed by atoms with E-state index in [4.69, 9.17) is 4.74 Å². The molecule has 3 rings (SSSR count). The average molecular weight is 381 g/mol. The molecule has 0 bridgehead atoms. The molecular weight excluding hydrogens is 357 g/mol. The van der Waals surface area contributed by atoms with Crippen molar-refractivity contribution in [2.45, 2.75) is 32.6 Å². The first-order chi connectivity index (χ1) is 13.1. The number of amides is 1. The molecular formula is C20H24BN3O2S. The zero-order valence-electron chi connectivity index (χ0n) is 16.1. The highest BCUT2D eigenvalue weighted by Gasteiger charge is 2.24. The van der Waals surface area contributed by atoms with Crippen molar-refractivity contribution in [2.24, 2.45) is 0 Å². The molecule has 0 fully saturated rings. The van der Waals surface area contributed by atoms with Crippen molar-refractivity contribution in [3.05, 3.63) is 47.7 Å². The van der Waals surface area contributed by atoms with E-state index >= 15 is 0 Å². The van der Waals surface area contributed by atoms with E-state index in [1.54, 1.807) is 12.0 Å². The van der Waals surface area contributed by atoms with Gasteiger partial charge in [0.1, 0.15) is 12.9 Å². The Morgan fingerprint density at radius 2 is 2.07 bits per heavy atom. The molecule has 0 atom stereocenters. The highest BCUT2D eigenvalue weighted by Crippen LogP contribution is 2.30. The summed E-state index contributed by atoms with van der Waals surface area (Å²) in [6.45, 7) is 2.74. The van der Waals surface area contributed by atoms with Crippen LogP contribution in [0.25, 0.3) is 10.6 Å². The minimum absolute atomic E-state index is 0.0377. The number of unbranched alkanes of at least 4 members (excludes halogenated alkanes) is 1. The number of carbonyl (C=O) groups excluding carboxylic acids is 1. The van der Waals surface area contributed by atoms with Gasteiger partial charge in [0.25, 0.3) is 5.91 Å². The van der Waals surface area contributed by atoms with Crippen LogP contribution in [-0.2, 0) is 9.53 Å². The topological polar surface area (TPSA) is 55.3 Å². The number of aromatic nitrogens is 2. The fourth-order valence-corrected chi connectivity index (χ4v) is 3.75. The van der Waals surface area contributed by atoms with Crippen molar-refractivity contribution in [2.75, 3.05) is 18.6 Å². The number of hydrogen-bond acceptors (Lipinski definition) is 5. The molecule has 0 saturated carbocycles. The van der Waals surface area contributed by atoms with Crippen LogP contribution in [0.1, 0.15) is 32.6 Å². The van der Waals surface area contributed by atoms with Crippen LogP contribution in [0, 0.1) is 0 Å². The molecule has 1 aromatic carbocycles. The van der Waals surface area contributed by atoms with Gasteiger partial charge in [-0.1, -0.05) is 60.5 Å². The average Bonchev–Trinajstić information content (AvgIpc) is 3.18. The standard InChI is InChI=1S/C20H24BN3O2S/c1-3-4-12-24(19(25)15-6-5-7-17(13-15)26-2)20-23-22-18(27-20)14-8-10-16(21)11-9-14/h6,8-11,13H,3-5,7,12,21H2,1-2H3. The fraction of sp³-hybridized carbons (Fsp3) is 0.350. The summed E-state index contributed by atoms with van der Waals surface area (Å²) in [6, 6.07) is 8.19. The summed E-state index contributed by atoms with van der Waals surface area (Å²) in [5.41, 5.74) is 2.89. The largest absolute Gasteiger partial charge is 0.501 e. The minimum atomic E-state index is -0.0377. The Morgan fingerprint density at radius 1 is 1.30 bits per heavy atom. The lowest BCUT2D eigenvalue weighted by Gasteiger charge is -2.21. The Bertz CT molecular complexity index is 858. The van der Waals surface area contributed by atoms with E-state index in [0.29, 0.717) is 17.2 Å². The summed E-state index contributed by atoms with van der Waals surface area (Å²) >= 11 is 1.45. The maximum atomic E-state index is 13.2. The molecule has 0 radical (unpaired) electrons. The van der Waals surface area contributed by atoms with E-state index in [2.05, 4.69) is 37.1 Å². The molecule has 0 aliphatic heterocycles. The lowest BCUT2D eigenvalue weighted by molar-refractivity contribution is -0.114. The second kappa shape index (κ2) is 8.99. The van der Waals surface area contributed by atoms with Crippen molar-refractivity contribution < 1.29 is 9.53 Å². The molecule has 1 aromatic heterocycles. The molecule has 0 saturated heterocycles. The van der Waals surface area contributed by atoms with Crippen LogP contribution < -0.4 is 10.4 Å². The fourth-order valence-electron chi connectivity index (χ4n) is 2.88. The van der Waals surface area contributed by atoms with Gasteiger partial charge in [-0.3, -0.25) is 9.69 Å². The predicted octanol–water partition coefficient (Wildman–Crippen LogP) is 2.85. The van der Waals surface area contributed by atoms with E-state index in [9.17, 15) is 4.79 Å². The van der Waals surface area contributed by atoms with Crippen LogP contribution in [0.4, 0.5) is 5.13 Å². The van der Waals surface area contributed by atoms with Gasteiger partial charge in [-0.25, -0.2) is 0 Å². The van der Waals surface area contributed by atoms with Crippen molar-refractivity contribution >= 4 is 35.7 Å². The van der Waals surface area contributed by atoms with E-state index in [1.807, 2.05) is 24.3 Å². The zero-order chi connectivity index (χ0) is 19.2. The van der Waals surface area contributed by atoms with Gasteiger partial charge in [0.05, 0.1) is 12.9 Å². The summed E-state index contributed by atoms with van der Waals surface area (Å²) in [5.74, 6) is 0.804. The number of ether oxygens (including phenoxy) is 1. The molecule has 1 heterocycles. The Morgan fingerprint density at radius 3 is 2.78 bits per heavy atom. The molecule has 1 aliphatic rings. The van der Waals surface area contributed by atoms with Gasteiger partial charge >= 0.3 is 0 Å². The molecule has 2 aromatic rings. The van der Waals surface area contributed by atoms with Crippen LogP contribution in [0.5, 0.6) is 0 Å². The molecule has 7 heteroatoms. The van der Waals surface area contributed by atoms with Gasteiger partial charge in [-0.05, 0) is 18.9 Å². The summed E-state index contributed by atoms with van der Waals surface area (Å²) in [4.78, 5) is 14.9. The minimum Gasteiger partial charge on any atom is -0.501 e. The number of carbonyl (C=O) groups is 1. The van der Waals surface area contributed by atoms with E-state index in [-0.39, 0.29) is 5.91 Å². The molecule has 5 nitrogen and oxygen atoms in total. The maximum absolute atomic E-state index is 13.2. The first-order valence-electron chi connectivity index (χ1n) is 9.29. The third kappa shape index (κ3) is 4.66. The quantitative estimate of drug-likeness (QED) is 0.693. The van der Waals surface area contributed by atoms with Crippen molar-refractivity contribution in [1.29, 1.82) is 0 Å². The molecule has 1 amide bonds. The highest BCUT2D eigenvalue weighted by molar-refractivity contribution is 7.18. The Balaban J connectivity index is 1.87. The van der Waals surface area contributed by atoms with E-state index in [0.717, 1.165) is 42.0 Å². The summed E-state index contributed by atoms with van der Waals surface area (Å²) in [7, 11) is 3.70. The third-order valence-corrected chi connectivity index (χ3v) is 5.50. The first kappa shape index (κ1) is 19.4. The summed E-state index contributed by atoms with van der Waals surface area (Å²) in [6.07, 6.45) is 7.38. The van der Waals surface area contributed by atoms with Gasteiger partial charge in [0, 0.05) is 24.1 Å². The highest BCUT2D eigenvalue weighted by atomic mass is 32.1. The van der Waals surface area contributed by atoms with Crippen LogP contribution in [0.3, 0.4) is 0 Å². The SMILES string of the molecule is Bc1ccc(-c2nnc(N(CCCC)C(=O)C3=CCCC(OC)=C3)s2)cc1. The van der Waals surface area contributed by atoms with Gasteiger partial charge < -0.3 is 4.74 Å². The number of methoxy groups -OCH3 is 1. The van der Waals surface area contributed by atoms with Gasteiger partial charge in [0.2, 0.25) is 5.13 Å². The number of rotatable bonds is 7. The van der Waals surface area contributed by atoms with Crippen molar-refractivity contribution in [1.82, 2.24) is 10.2 Å². The third-order valence-electron chi connectivity index (χ3n) is 4.50. The number of nitrogens with zero attached hydrogens (tertiary/aromatic N) is 3. The normalized spacial score (nSPS) is 13.7. The second-order valence-corrected chi connectivity index (χ2v) is 7.54. The molecule has 140 valence electrons. The number of allylic oxidation sites excluding steroid dienone is 2. The van der Waals surface area contributed by atoms with Gasteiger partial charge in [-0.2, -0.15) is 0 Å². The van der Waals surface area contributed by atoms with Crippen LogP contribution >= 0.6 is 11.3 Å². The molecule has 27 heavy (non-hydrogen) atoms. The summed E-state index contributed by atoms with van der Waals surface area (Å²) in [5, 5.41) is 10.1. The van der Waals surface area contributed by atoms with Crippen LogP contribution in [0.2, 0.25) is 0 Å². The van der Waals surface area contributed by atoms with Crippen molar-refractivity contribution in [3.8, 4) is 10.6 Å². The van der Waals surface area contributed by atoms with E-state index in [1.165, 1.54) is 16.8 Å². The number of anilines is 1. The second-order valence-electron chi connectivity index (χ2n) is 6.58. The lowest BCUT2D eigenvalue weighted by atomic mass is 9.95. The summed E-state index contributed by atoms with van der Waals surface area (Å²) < 4.78 is 5.33. The van der Waals surface area contributed by atoms with E-state index < -0.39 is 0 Å². The maximum Gasteiger partial charge on any atom is 0.259 e. The molecule has 0 N–H and O–H groups in total. The first-order valence-corrected chi connectivity index (χ1v) is 10.1. The molecule has 0 unspecified atom stereocenters. The van der Waals surface area contributed by atoms with Crippen LogP contribution in [0.15, 0.2) is 47.7 Å². The smallest absolute Gasteiger partial charge is 0.259 e. The lowest BCUT2D eigenvalue weighted by Crippen LogP contribution is -2.33. The van der Waals surface area contributed by atoms with Gasteiger partial charge in [0.15, 0.2) is 0 Å². The zero-order valence-corrected chi connectivity index (χ0v) is 16.9. The Kier molecular flexibility index (Phi) is 6.45. The molecule has 0 spiro atoms. The van der Waals surface area contributed by atoms with Gasteiger partial charge in [-0.15, -0.1) is 10.2 Å². The predicted molar refractivity (Wildman–Crippen MR) is 113 cm³/mol. The monoisotopic (exact) mass is 381 g/mol. The number of hydrogen-bond donors (Lipinski definition) is 0. The molecule has 1 aliphatic carbocycles. The number of benzene rings is 1. The Hall–Kier alpha value is -2.41. The Labute approximate surface area is 165 Å².